The fourth-order valence-corrected chi connectivity index (χ4v) is 7.46. The molecular formula is C35H36FN7O5S2. The lowest BCUT2D eigenvalue weighted by Gasteiger charge is -2.28. The third-order valence-electron chi connectivity index (χ3n) is 8.07. The number of fused-ring (bicyclic) bond motifs is 2. The number of aromatic nitrogens is 4. The molecule has 0 amide bonds. The van der Waals surface area contributed by atoms with Gasteiger partial charge in [0.1, 0.15) is 0 Å². The van der Waals surface area contributed by atoms with Crippen LogP contribution in [0.5, 0.6) is 5.75 Å². The Morgan fingerprint density at radius 2 is 2.04 bits per heavy atom. The second-order valence-electron chi connectivity index (χ2n) is 11.6. The SMILES string of the molecule is Cc1c(Nc2nc3ccccc3s2)nnc2c1CCCN2c1nc(C(=O)O)c(CCCOc2ccc(C#CCNCC[C@H](O)CO)cc2F)s1. The molecule has 15 heteroatoms. The van der Waals surface area contributed by atoms with E-state index in [9.17, 15) is 19.4 Å². The van der Waals surface area contributed by atoms with Crippen LogP contribution in [-0.2, 0) is 12.8 Å². The first-order valence-electron chi connectivity index (χ1n) is 16.2. The van der Waals surface area contributed by atoms with E-state index in [1.807, 2.05) is 36.1 Å². The summed E-state index contributed by atoms with van der Waals surface area (Å²) in [5, 5.41) is 44.8. The van der Waals surface area contributed by atoms with Crippen LogP contribution in [-0.4, -0.2) is 80.4 Å². The quantitative estimate of drug-likeness (QED) is 0.0753. The highest BCUT2D eigenvalue weighted by molar-refractivity contribution is 7.22. The van der Waals surface area contributed by atoms with Gasteiger partial charge in [0.05, 0.1) is 36.1 Å². The van der Waals surface area contributed by atoms with Gasteiger partial charge in [0.15, 0.2) is 39.2 Å². The number of nitrogens with zero attached hydrogens (tertiary/aromatic N) is 5. The molecule has 0 saturated heterocycles. The Bertz CT molecular complexity index is 2010. The number of carboxylic acid groups (broad SMARTS) is 1. The molecule has 260 valence electrons. The molecular weight excluding hydrogens is 682 g/mol. The average molecular weight is 718 g/mol. The smallest absolute Gasteiger partial charge is 0.355 e. The molecule has 0 saturated carbocycles. The summed E-state index contributed by atoms with van der Waals surface area (Å²) in [5.41, 5.74) is 3.39. The minimum atomic E-state index is -1.11. The maximum Gasteiger partial charge on any atom is 0.355 e. The molecule has 4 heterocycles. The van der Waals surface area contributed by atoms with Gasteiger partial charge in [-0.2, -0.15) is 0 Å². The summed E-state index contributed by atoms with van der Waals surface area (Å²) in [4.78, 5) is 23.9. The average Bonchev–Trinajstić information content (AvgIpc) is 3.74. The second kappa shape index (κ2) is 16.3. The van der Waals surface area contributed by atoms with Crippen molar-refractivity contribution in [3.63, 3.8) is 0 Å². The van der Waals surface area contributed by atoms with Crippen LogP contribution in [0.4, 0.5) is 26.3 Å². The highest BCUT2D eigenvalue weighted by Gasteiger charge is 2.28. The van der Waals surface area contributed by atoms with E-state index < -0.39 is 17.9 Å². The summed E-state index contributed by atoms with van der Waals surface area (Å²) in [5.74, 6) is 5.51. The van der Waals surface area contributed by atoms with Crippen LogP contribution in [0.15, 0.2) is 42.5 Å². The van der Waals surface area contributed by atoms with Gasteiger partial charge >= 0.3 is 5.97 Å². The molecule has 0 aliphatic carbocycles. The minimum absolute atomic E-state index is 0.0101. The molecule has 1 atom stereocenters. The number of aromatic carboxylic acids is 1. The van der Waals surface area contributed by atoms with Crippen LogP contribution >= 0.6 is 22.7 Å². The van der Waals surface area contributed by atoms with E-state index in [4.69, 9.17) is 9.84 Å². The maximum atomic E-state index is 14.7. The van der Waals surface area contributed by atoms with E-state index in [0.29, 0.717) is 66.1 Å². The Hall–Kier alpha value is -4.72. The number of nitrogens with one attached hydrogen (secondary N) is 2. The van der Waals surface area contributed by atoms with E-state index >= 15 is 0 Å². The molecule has 0 unspecified atom stereocenters. The first-order valence-corrected chi connectivity index (χ1v) is 17.8. The first-order chi connectivity index (χ1) is 24.3. The van der Waals surface area contributed by atoms with Crippen molar-refractivity contribution < 1.29 is 29.2 Å². The zero-order valence-electron chi connectivity index (χ0n) is 27.3. The molecule has 1 aliphatic heterocycles. The van der Waals surface area contributed by atoms with Crippen molar-refractivity contribution in [2.75, 3.05) is 43.1 Å². The summed E-state index contributed by atoms with van der Waals surface area (Å²) >= 11 is 2.85. The van der Waals surface area contributed by atoms with Gasteiger partial charge in [-0.05, 0) is 75.9 Å². The van der Waals surface area contributed by atoms with Crippen molar-refractivity contribution in [2.45, 2.75) is 45.1 Å². The summed E-state index contributed by atoms with van der Waals surface area (Å²) in [6, 6.07) is 12.4. The number of para-hydroxylation sites is 1. The lowest BCUT2D eigenvalue weighted by atomic mass is 10.0. The number of carboxylic acids is 1. The molecule has 0 bridgehead atoms. The van der Waals surface area contributed by atoms with E-state index in [2.05, 4.69) is 42.6 Å². The van der Waals surface area contributed by atoms with Gasteiger partial charge in [-0.3, -0.25) is 0 Å². The zero-order valence-corrected chi connectivity index (χ0v) is 28.9. The highest BCUT2D eigenvalue weighted by Crippen LogP contribution is 2.39. The number of hydrogen-bond acceptors (Lipinski definition) is 13. The van der Waals surface area contributed by atoms with Crippen molar-refractivity contribution in [1.29, 1.82) is 0 Å². The number of aliphatic hydroxyl groups is 2. The molecule has 5 aromatic rings. The van der Waals surface area contributed by atoms with Crippen molar-refractivity contribution in [3.8, 4) is 17.6 Å². The van der Waals surface area contributed by atoms with Crippen LogP contribution in [0, 0.1) is 24.6 Å². The minimum Gasteiger partial charge on any atom is -0.491 e. The van der Waals surface area contributed by atoms with Crippen LogP contribution in [0.1, 0.15) is 51.3 Å². The Labute approximate surface area is 296 Å². The lowest BCUT2D eigenvalue weighted by Crippen LogP contribution is -2.27. The Morgan fingerprint density at radius 1 is 1.18 bits per heavy atom. The van der Waals surface area contributed by atoms with Crippen LogP contribution in [0.2, 0.25) is 0 Å². The summed E-state index contributed by atoms with van der Waals surface area (Å²) in [6.45, 7) is 3.39. The standard InChI is InChI=1S/C35H36FN7O5S2/c1-21-24-8-5-17-43(32(24)42-41-31(21)40-34-38-26-9-2-3-10-28(26)49-34)35-39-30(33(46)47)29(50-35)11-6-18-48-27-13-12-22(19-25(27)36)7-4-15-37-16-14-23(45)20-44/h2-3,9-10,12-13,19,23,37,44-45H,5-6,8,11,14-18,20H2,1H3,(H,46,47)(H,38,40,41)/t23-/m0/s1. The van der Waals surface area contributed by atoms with Crippen LogP contribution < -0.4 is 20.3 Å². The van der Waals surface area contributed by atoms with Crippen molar-refractivity contribution in [2.24, 2.45) is 0 Å². The maximum absolute atomic E-state index is 14.7. The van der Waals surface area contributed by atoms with Crippen molar-refractivity contribution in [1.82, 2.24) is 25.5 Å². The number of carbonyl (C=O) groups is 1. The zero-order chi connectivity index (χ0) is 35.0. The third kappa shape index (κ3) is 8.35. The topological polar surface area (TPSA) is 166 Å². The number of aliphatic hydroxyl groups excluding tert-OH is 2. The number of ether oxygens (including phenoxy) is 1. The number of benzene rings is 2. The molecule has 0 spiro atoms. The second-order valence-corrected chi connectivity index (χ2v) is 13.7. The molecule has 50 heavy (non-hydrogen) atoms. The van der Waals surface area contributed by atoms with Crippen LogP contribution in [0.25, 0.3) is 10.2 Å². The molecule has 5 N–H and O–H groups in total. The van der Waals surface area contributed by atoms with Gasteiger partial charge < -0.3 is 35.6 Å². The molecule has 12 nitrogen and oxygen atoms in total. The predicted molar refractivity (Wildman–Crippen MR) is 192 cm³/mol. The number of halogens is 1. The molecule has 0 radical (unpaired) electrons. The fourth-order valence-electron chi connectivity index (χ4n) is 5.47. The monoisotopic (exact) mass is 717 g/mol. The van der Waals surface area contributed by atoms with E-state index in [-0.39, 0.29) is 24.7 Å². The summed E-state index contributed by atoms with van der Waals surface area (Å²) < 4.78 is 21.5. The molecule has 0 fully saturated rings. The van der Waals surface area contributed by atoms with E-state index in [0.717, 1.165) is 39.3 Å². The lowest BCUT2D eigenvalue weighted by molar-refractivity contribution is 0.0690. The normalized spacial score (nSPS) is 13.1. The summed E-state index contributed by atoms with van der Waals surface area (Å²) in [7, 11) is 0. The predicted octanol–water partition coefficient (Wildman–Crippen LogP) is 5.21. The number of anilines is 4. The van der Waals surface area contributed by atoms with Gasteiger partial charge in [-0.1, -0.05) is 35.3 Å². The Morgan fingerprint density at radius 3 is 2.84 bits per heavy atom. The first kappa shape index (κ1) is 35.1. The Balaban J connectivity index is 1.07. The molecule has 6 rings (SSSR count). The van der Waals surface area contributed by atoms with Crippen molar-refractivity contribution in [3.05, 3.63) is 75.5 Å². The van der Waals surface area contributed by atoms with Gasteiger partial charge in [-0.25, -0.2) is 19.2 Å². The molecule has 2 aromatic carbocycles. The molecule has 1 aliphatic rings. The third-order valence-corrected chi connectivity index (χ3v) is 10.2. The van der Waals surface area contributed by atoms with Gasteiger partial charge in [-0.15, -0.1) is 21.5 Å². The van der Waals surface area contributed by atoms with Gasteiger partial charge in [0.25, 0.3) is 0 Å². The largest absolute Gasteiger partial charge is 0.491 e. The van der Waals surface area contributed by atoms with E-state index in [1.54, 1.807) is 17.4 Å². The Kier molecular flexibility index (Phi) is 11.5. The van der Waals surface area contributed by atoms with Gasteiger partial charge in [0.2, 0.25) is 0 Å². The fraction of sp³-hybridized carbons (Fsp3) is 0.343. The van der Waals surface area contributed by atoms with E-state index in [1.165, 1.54) is 23.5 Å². The van der Waals surface area contributed by atoms with Crippen LogP contribution in [0.3, 0.4) is 0 Å². The number of hydrogen-bond donors (Lipinski definition) is 5. The molecule has 3 aromatic heterocycles. The summed E-state index contributed by atoms with van der Waals surface area (Å²) in [6.07, 6.45) is 2.15. The number of aryl methyl sites for hydroxylation is 1. The highest BCUT2D eigenvalue weighted by atomic mass is 32.1. The number of rotatable bonds is 14. The number of thiazole rings is 2. The van der Waals surface area contributed by atoms with Crippen molar-refractivity contribution >= 4 is 60.8 Å². The van der Waals surface area contributed by atoms with Gasteiger partial charge in [0, 0.05) is 28.1 Å².